The van der Waals surface area contributed by atoms with Crippen LogP contribution >= 0.6 is 0 Å². The molecule has 0 aliphatic carbocycles. The number of hydrogen-bond acceptors (Lipinski definition) is 3. The third kappa shape index (κ3) is 3.87. The van der Waals surface area contributed by atoms with Gasteiger partial charge in [-0.05, 0) is 29.7 Å². The number of ether oxygens (including phenoxy) is 1. The zero-order chi connectivity index (χ0) is 12.6. The lowest BCUT2D eigenvalue weighted by Crippen LogP contribution is -2.11. The second-order valence-electron chi connectivity index (χ2n) is 4.08. The summed E-state index contributed by atoms with van der Waals surface area (Å²) in [7, 11) is 0. The largest absolute Gasteiger partial charge is 0.489 e. The molecule has 18 heavy (non-hydrogen) atoms. The Bertz CT molecular complexity index is 471. The van der Waals surface area contributed by atoms with E-state index in [-0.39, 0.29) is 0 Å². The van der Waals surface area contributed by atoms with E-state index in [4.69, 9.17) is 9.94 Å². The maximum atomic E-state index is 8.57. The molecule has 0 amide bonds. The Morgan fingerprint density at radius 2 is 1.72 bits per heavy atom. The van der Waals surface area contributed by atoms with Crippen molar-refractivity contribution < 1.29 is 9.94 Å². The fraction of sp³-hybridized carbons (Fsp3) is 0.200. The van der Waals surface area contributed by atoms with E-state index in [0.717, 1.165) is 23.3 Å². The average molecular weight is 243 g/mol. The van der Waals surface area contributed by atoms with Crippen LogP contribution in [-0.2, 0) is 13.0 Å². The summed E-state index contributed by atoms with van der Waals surface area (Å²) < 4.78 is 5.73. The molecule has 0 spiro atoms. The third-order valence-electron chi connectivity index (χ3n) is 2.67. The molecule has 0 atom stereocenters. The zero-order valence-electron chi connectivity index (χ0n) is 10.2. The number of hydroxylamine groups is 1. The Labute approximate surface area is 107 Å². The molecule has 0 aromatic heterocycles. The van der Waals surface area contributed by atoms with Gasteiger partial charge >= 0.3 is 0 Å². The van der Waals surface area contributed by atoms with E-state index in [1.807, 2.05) is 54.6 Å². The van der Waals surface area contributed by atoms with Gasteiger partial charge in [-0.3, -0.25) is 0 Å². The number of benzene rings is 2. The van der Waals surface area contributed by atoms with Crippen molar-refractivity contribution in [3.05, 3.63) is 65.7 Å². The van der Waals surface area contributed by atoms with Gasteiger partial charge in [0, 0.05) is 6.54 Å². The van der Waals surface area contributed by atoms with Crippen molar-refractivity contribution in [3.8, 4) is 5.75 Å². The van der Waals surface area contributed by atoms with Crippen LogP contribution in [0.1, 0.15) is 11.1 Å². The predicted molar refractivity (Wildman–Crippen MR) is 70.7 cm³/mol. The summed E-state index contributed by atoms with van der Waals surface area (Å²) in [6.07, 6.45) is 0.777. The fourth-order valence-corrected chi connectivity index (χ4v) is 1.73. The first-order valence-electron chi connectivity index (χ1n) is 6.01. The van der Waals surface area contributed by atoms with E-state index in [1.165, 1.54) is 0 Å². The molecule has 3 heteroatoms. The van der Waals surface area contributed by atoms with Gasteiger partial charge < -0.3 is 9.94 Å². The summed E-state index contributed by atoms with van der Waals surface area (Å²) in [6, 6.07) is 18.0. The molecular formula is C15H17NO2. The summed E-state index contributed by atoms with van der Waals surface area (Å²) in [6.45, 7) is 1.12. The highest BCUT2D eigenvalue weighted by Gasteiger charge is 1.98. The molecule has 0 saturated heterocycles. The SMILES string of the molecule is ONCCc1cccc(OCc2ccccc2)c1. The molecule has 2 aromatic rings. The molecule has 0 unspecified atom stereocenters. The van der Waals surface area contributed by atoms with Crippen LogP contribution < -0.4 is 10.2 Å². The Hall–Kier alpha value is -1.84. The van der Waals surface area contributed by atoms with Gasteiger partial charge in [-0.1, -0.05) is 42.5 Å². The topological polar surface area (TPSA) is 41.5 Å². The van der Waals surface area contributed by atoms with Crippen LogP contribution in [0.15, 0.2) is 54.6 Å². The van der Waals surface area contributed by atoms with E-state index in [1.54, 1.807) is 0 Å². The smallest absolute Gasteiger partial charge is 0.120 e. The van der Waals surface area contributed by atoms with Crippen molar-refractivity contribution in [1.82, 2.24) is 5.48 Å². The first-order valence-corrected chi connectivity index (χ1v) is 6.01. The van der Waals surface area contributed by atoms with Crippen molar-refractivity contribution in [2.75, 3.05) is 6.54 Å². The number of nitrogens with one attached hydrogen (secondary N) is 1. The summed E-state index contributed by atoms with van der Waals surface area (Å²) in [5.41, 5.74) is 4.45. The molecular weight excluding hydrogens is 226 g/mol. The van der Waals surface area contributed by atoms with Crippen LogP contribution in [0.5, 0.6) is 5.75 Å². The van der Waals surface area contributed by atoms with Crippen LogP contribution in [-0.4, -0.2) is 11.8 Å². The van der Waals surface area contributed by atoms with Gasteiger partial charge in [0.25, 0.3) is 0 Å². The number of hydrogen-bond donors (Lipinski definition) is 2. The molecule has 0 fully saturated rings. The van der Waals surface area contributed by atoms with Gasteiger partial charge in [0.15, 0.2) is 0 Å². The maximum Gasteiger partial charge on any atom is 0.120 e. The first kappa shape index (κ1) is 12.6. The average Bonchev–Trinajstić information content (AvgIpc) is 2.44. The fourth-order valence-electron chi connectivity index (χ4n) is 1.73. The Balaban J connectivity index is 1.93. The summed E-state index contributed by atoms with van der Waals surface area (Å²) in [5, 5.41) is 8.57. The minimum absolute atomic E-state index is 0.544. The van der Waals surface area contributed by atoms with E-state index in [0.29, 0.717) is 13.2 Å². The third-order valence-corrected chi connectivity index (χ3v) is 2.67. The highest BCUT2D eigenvalue weighted by atomic mass is 16.5. The van der Waals surface area contributed by atoms with Crippen LogP contribution in [0.4, 0.5) is 0 Å². The van der Waals surface area contributed by atoms with E-state index < -0.39 is 0 Å². The highest BCUT2D eigenvalue weighted by molar-refractivity contribution is 5.29. The molecule has 0 bridgehead atoms. The van der Waals surface area contributed by atoms with Crippen LogP contribution in [0.3, 0.4) is 0 Å². The molecule has 94 valence electrons. The molecule has 2 N–H and O–H groups in total. The maximum absolute atomic E-state index is 8.57. The van der Waals surface area contributed by atoms with E-state index in [9.17, 15) is 0 Å². The second kappa shape index (κ2) is 6.79. The quantitative estimate of drug-likeness (QED) is 0.766. The Morgan fingerprint density at radius 1 is 0.944 bits per heavy atom. The van der Waals surface area contributed by atoms with Crippen molar-refractivity contribution in [2.24, 2.45) is 0 Å². The van der Waals surface area contributed by atoms with E-state index >= 15 is 0 Å². The molecule has 0 aliphatic heterocycles. The standard InChI is InChI=1S/C15H17NO2/c17-16-10-9-13-7-4-8-15(11-13)18-12-14-5-2-1-3-6-14/h1-8,11,16-17H,9-10,12H2. The first-order chi connectivity index (χ1) is 8.88. The van der Waals surface area contributed by atoms with Crippen LogP contribution in [0.2, 0.25) is 0 Å². The minimum Gasteiger partial charge on any atom is -0.489 e. The number of rotatable bonds is 6. The Morgan fingerprint density at radius 3 is 2.50 bits per heavy atom. The lowest BCUT2D eigenvalue weighted by molar-refractivity contribution is 0.168. The van der Waals surface area contributed by atoms with Gasteiger partial charge in [-0.2, -0.15) is 0 Å². The second-order valence-corrected chi connectivity index (χ2v) is 4.08. The van der Waals surface area contributed by atoms with Crippen LogP contribution in [0, 0.1) is 0 Å². The predicted octanol–water partition coefficient (Wildman–Crippen LogP) is 2.79. The normalized spacial score (nSPS) is 10.3. The van der Waals surface area contributed by atoms with Gasteiger partial charge in [-0.15, -0.1) is 0 Å². The van der Waals surface area contributed by atoms with Crippen molar-refractivity contribution >= 4 is 0 Å². The Kier molecular flexibility index (Phi) is 4.76. The van der Waals surface area contributed by atoms with Crippen molar-refractivity contribution in [3.63, 3.8) is 0 Å². The molecule has 2 aromatic carbocycles. The zero-order valence-corrected chi connectivity index (χ0v) is 10.2. The molecule has 2 rings (SSSR count). The monoisotopic (exact) mass is 243 g/mol. The molecule has 0 heterocycles. The highest BCUT2D eigenvalue weighted by Crippen LogP contribution is 2.15. The van der Waals surface area contributed by atoms with E-state index in [2.05, 4.69) is 5.48 Å². The van der Waals surface area contributed by atoms with Gasteiger partial charge in [0.05, 0.1) is 0 Å². The molecule has 0 aliphatic rings. The van der Waals surface area contributed by atoms with Gasteiger partial charge in [0.2, 0.25) is 0 Å². The van der Waals surface area contributed by atoms with Crippen molar-refractivity contribution in [1.29, 1.82) is 0 Å². The van der Waals surface area contributed by atoms with Crippen LogP contribution in [0.25, 0.3) is 0 Å². The van der Waals surface area contributed by atoms with Gasteiger partial charge in [0.1, 0.15) is 12.4 Å². The molecule has 0 saturated carbocycles. The molecule has 0 radical (unpaired) electrons. The minimum atomic E-state index is 0.544. The lowest BCUT2D eigenvalue weighted by atomic mass is 10.1. The summed E-state index contributed by atoms with van der Waals surface area (Å²) in [5.74, 6) is 0.856. The summed E-state index contributed by atoms with van der Waals surface area (Å²) >= 11 is 0. The lowest BCUT2D eigenvalue weighted by Gasteiger charge is -2.08. The molecule has 3 nitrogen and oxygen atoms in total. The van der Waals surface area contributed by atoms with Gasteiger partial charge in [-0.25, -0.2) is 5.48 Å². The summed E-state index contributed by atoms with van der Waals surface area (Å²) in [4.78, 5) is 0. The van der Waals surface area contributed by atoms with Crippen molar-refractivity contribution in [2.45, 2.75) is 13.0 Å².